The predicted molar refractivity (Wildman–Crippen MR) is 81.7 cm³/mol. The minimum atomic E-state index is -0.986. The van der Waals surface area contributed by atoms with Crippen LogP contribution in [0, 0.1) is 6.92 Å². The fourth-order valence-corrected chi connectivity index (χ4v) is 4.50. The van der Waals surface area contributed by atoms with Crippen molar-refractivity contribution in [3.8, 4) is 0 Å². The van der Waals surface area contributed by atoms with Crippen molar-refractivity contribution in [2.75, 3.05) is 6.54 Å². The lowest BCUT2D eigenvalue weighted by Gasteiger charge is -2.27. The predicted octanol–water partition coefficient (Wildman–Crippen LogP) is 3.59. The number of halogens is 1. The van der Waals surface area contributed by atoms with E-state index in [1.807, 2.05) is 0 Å². The van der Waals surface area contributed by atoms with Gasteiger partial charge in [-0.25, -0.2) is 0 Å². The van der Waals surface area contributed by atoms with Crippen LogP contribution in [-0.4, -0.2) is 25.0 Å². The van der Waals surface area contributed by atoms with Gasteiger partial charge in [-0.05, 0) is 49.4 Å². The maximum atomic E-state index is 6.43. The van der Waals surface area contributed by atoms with E-state index in [0.29, 0.717) is 5.94 Å². The van der Waals surface area contributed by atoms with E-state index in [2.05, 4.69) is 50.6 Å². The fourth-order valence-electron chi connectivity index (χ4n) is 2.24. The first-order valence-electron chi connectivity index (χ1n) is 6.53. The van der Waals surface area contributed by atoms with Gasteiger partial charge in [-0.2, -0.15) is 0 Å². The molecular formula is C13H20BClNOP. The van der Waals surface area contributed by atoms with Gasteiger partial charge >= 0.3 is 0 Å². The summed E-state index contributed by atoms with van der Waals surface area (Å²) < 4.78 is 8.28. The standard InChI is InChI=1S/C13H20BClNOP/c1-10-5-7-12(8-6-10)11(2)17-18(15)16-9-3-4-13(16)14/h5-8,11,13H,3-4,9,14H2,1-2H3/t11-,13+,18?/m1/s1. The highest BCUT2D eigenvalue weighted by atomic mass is 35.7. The van der Waals surface area contributed by atoms with Crippen molar-refractivity contribution in [1.82, 2.24) is 4.67 Å². The first-order valence-corrected chi connectivity index (χ1v) is 8.65. The van der Waals surface area contributed by atoms with Gasteiger partial charge in [0.25, 0.3) is 0 Å². The minimum absolute atomic E-state index is 0.0574. The van der Waals surface area contributed by atoms with Crippen molar-refractivity contribution in [3.63, 3.8) is 0 Å². The molecule has 5 heteroatoms. The second-order valence-corrected chi connectivity index (χ2v) is 7.08. The minimum Gasteiger partial charge on any atom is -0.324 e. The number of rotatable bonds is 4. The second kappa shape index (κ2) is 6.39. The Labute approximate surface area is 117 Å². The normalized spacial score (nSPS) is 24.1. The zero-order valence-corrected chi connectivity index (χ0v) is 12.9. The molecule has 1 aromatic carbocycles. The molecule has 0 aliphatic carbocycles. The molecule has 0 aromatic heterocycles. The first kappa shape index (κ1) is 14.3. The Kier molecular flexibility index (Phi) is 5.09. The molecule has 2 rings (SSSR count). The Balaban J connectivity index is 1.94. The van der Waals surface area contributed by atoms with Gasteiger partial charge in [0.2, 0.25) is 7.65 Å². The van der Waals surface area contributed by atoms with Crippen LogP contribution in [0.15, 0.2) is 24.3 Å². The molecule has 0 N–H and O–H groups in total. The molecule has 1 saturated heterocycles. The lowest BCUT2D eigenvalue weighted by molar-refractivity contribution is 0.238. The third kappa shape index (κ3) is 3.48. The summed E-state index contributed by atoms with van der Waals surface area (Å²) in [4.78, 5) is 0. The Bertz CT molecular complexity index is 389. The lowest BCUT2D eigenvalue weighted by Crippen LogP contribution is -2.24. The molecule has 0 amide bonds. The Morgan fingerprint density at radius 3 is 2.67 bits per heavy atom. The van der Waals surface area contributed by atoms with E-state index in [9.17, 15) is 0 Å². The van der Waals surface area contributed by atoms with Crippen molar-refractivity contribution in [1.29, 1.82) is 0 Å². The molecule has 1 aromatic rings. The molecule has 98 valence electrons. The van der Waals surface area contributed by atoms with Crippen molar-refractivity contribution < 1.29 is 4.52 Å². The van der Waals surface area contributed by atoms with Crippen LogP contribution < -0.4 is 0 Å². The van der Waals surface area contributed by atoms with Crippen molar-refractivity contribution in [2.45, 2.75) is 38.7 Å². The van der Waals surface area contributed by atoms with E-state index in [1.165, 1.54) is 24.0 Å². The summed E-state index contributed by atoms with van der Waals surface area (Å²) in [5.41, 5.74) is 2.47. The van der Waals surface area contributed by atoms with E-state index in [4.69, 9.17) is 15.8 Å². The highest BCUT2D eigenvalue weighted by Gasteiger charge is 2.29. The maximum Gasteiger partial charge on any atom is 0.206 e. The third-order valence-electron chi connectivity index (χ3n) is 3.51. The van der Waals surface area contributed by atoms with Crippen LogP contribution in [0.4, 0.5) is 0 Å². The summed E-state index contributed by atoms with van der Waals surface area (Å²) in [6, 6.07) is 8.47. The molecule has 1 aliphatic heterocycles. The Morgan fingerprint density at radius 1 is 1.44 bits per heavy atom. The monoisotopic (exact) mass is 283 g/mol. The van der Waals surface area contributed by atoms with Crippen LogP contribution in [0.1, 0.15) is 37.0 Å². The fraction of sp³-hybridized carbons (Fsp3) is 0.538. The highest BCUT2D eigenvalue weighted by molar-refractivity contribution is 7.78. The summed E-state index contributed by atoms with van der Waals surface area (Å²) in [6.07, 6.45) is 2.52. The molecule has 2 nitrogen and oxygen atoms in total. The van der Waals surface area contributed by atoms with Gasteiger partial charge in [-0.1, -0.05) is 29.8 Å². The SMILES string of the molecule is B[C@@H]1CCCN1P(Cl)O[C@H](C)c1ccc(C)cc1. The van der Waals surface area contributed by atoms with E-state index < -0.39 is 7.65 Å². The zero-order chi connectivity index (χ0) is 13.1. The largest absolute Gasteiger partial charge is 0.324 e. The van der Waals surface area contributed by atoms with Crippen LogP contribution in [0.5, 0.6) is 0 Å². The summed E-state index contributed by atoms with van der Waals surface area (Å²) in [7, 11) is 1.24. The van der Waals surface area contributed by atoms with E-state index in [1.54, 1.807) is 0 Å². The highest BCUT2D eigenvalue weighted by Crippen LogP contribution is 2.53. The summed E-state index contributed by atoms with van der Waals surface area (Å²) in [5, 5.41) is 0. The summed E-state index contributed by atoms with van der Waals surface area (Å²) in [6.45, 7) is 5.23. The first-order chi connectivity index (χ1) is 8.58. The third-order valence-corrected chi connectivity index (χ3v) is 5.82. The van der Waals surface area contributed by atoms with Crippen LogP contribution >= 0.6 is 18.9 Å². The molecule has 0 bridgehead atoms. The van der Waals surface area contributed by atoms with Gasteiger partial charge in [-0.3, -0.25) is 4.67 Å². The number of hydrogen-bond acceptors (Lipinski definition) is 2. The molecular weight excluding hydrogens is 263 g/mol. The van der Waals surface area contributed by atoms with Gasteiger partial charge in [-0.15, -0.1) is 0 Å². The quantitative estimate of drug-likeness (QED) is 0.618. The van der Waals surface area contributed by atoms with Gasteiger partial charge in [0.15, 0.2) is 0 Å². The van der Waals surface area contributed by atoms with Crippen LogP contribution in [-0.2, 0) is 4.52 Å². The molecule has 1 heterocycles. The molecule has 0 saturated carbocycles. The average molecular weight is 284 g/mol. The van der Waals surface area contributed by atoms with Gasteiger partial charge in [0.05, 0.1) is 6.10 Å². The number of nitrogens with zero attached hydrogens (tertiary/aromatic N) is 1. The molecule has 3 atom stereocenters. The molecule has 18 heavy (non-hydrogen) atoms. The second-order valence-electron chi connectivity index (χ2n) is 5.04. The number of benzene rings is 1. The average Bonchev–Trinajstić information content (AvgIpc) is 2.76. The maximum absolute atomic E-state index is 6.43. The zero-order valence-electron chi connectivity index (χ0n) is 11.3. The van der Waals surface area contributed by atoms with E-state index in [-0.39, 0.29) is 6.10 Å². The van der Waals surface area contributed by atoms with Gasteiger partial charge in [0.1, 0.15) is 7.85 Å². The Morgan fingerprint density at radius 2 is 2.11 bits per heavy atom. The number of hydrogen-bond donors (Lipinski definition) is 0. The Hall–Kier alpha value is -0.0751. The molecule has 0 radical (unpaired) electrons. The smallest absolute Gasteiger partial charge is 0.206 e. The van der Waals surface area contributed by atoms with Gasteiger partial charge in [0, 0.05) is 6.54 Å². The van der Waals surface area contributed by atoms with Crippen LogP contribution in [0.3, 0.4) is 0 Å². The summed E-state index contributed by atoms with van der Waals surface area (Å²) in [5.74, 6) is 0.554. The molecule has 1 aliphatic rings. The van der Waals surface area contributed by atoms with Crippen LogP contribution in [0.2, 0.25) is 0 Å². The topological polar surface area (TPSA) is 12.5 Å². The van der Waals surface area contributed by atoms with Gasteiger partial charge < -0.3 is 4.52 Å². The van der Waals surface area contributed by atoms with E-state index in [0.717, 1.165) is 6.54 Å². The van der Waals surface area contributed by atoms with E-state index >= 15 is 0 Å². The van der Waals surface area contributed by atoms with Crippen molar-refractivity contribution in [2.24, 2.45) is 0 Å². The lowest BCUT2D eigenvalue weighted by atomic mass is 9.96. The molecule has 1 fully saturated rings. The molecule has 0 spiro atoms. The van der Waals surface area contributed by atoms with Crippen LogP contribution in [0.25, 0.3) is 0 Å². The van der Waals surface area contributed by atoms with Crippen molar-refractivity contribution >= 4 is 26.7 Å². The van der Waals surface area contributed by atoms with Crippen molar-refractivity contribution in [3.05, 3.63) is 35.4 Å². The molecule has 1 unspecified atom stereocenters. The number of aryl methyl sites for hydroxylation is 1. The summed E-state index contributed by atoms with van der Waals surface area (Å²) >= 11 is 6.43.